The highest BCUT2D eigenvalue weighted by Crippen LogP contribution is 2.32. The van der Waals surface area contributed by atoms with E-state index in [1.165, 1.54) is 5.56 Å². The van der Waals surface area contributed by atoms with Gasteiger partial charge in [0.05, 0.1) is 16.7 Å². The normalized spacial score (nSPS) is 11.3. The highest BCUT2D eigenvalue weighted by molar-refractivity contribution is 5.87. The Labute approximate surface area is 233 Å². The number of fused-ring (bicyclic) bond motifs is 1. The summed E-state index contributed by atoms with van der Waals surface area (Å²) in [5.41, 5.74) is 8.52. The predicted octanol–water partition coefficient (Wildman–Crippen LogP) is 6.45. The third-order valence-corrected chi connectivity index (χ3v) is 6.49. The fourth-order valence-corrected chi connectivity index (χ4v) is 4.67. The molecule has 0 aliphatic carbocycles. The molecule has 0 saturated heterocycles. The summed E-state index contributed by atoms with van der Waals surface area (Å²) in [6.07, 6.45) is 3.82. The summed E-state index contributed by atoms with van der Waals surface area (Å²) in [4.78, 5) is 19.6. The van der Waals surface area contributed by atoms with Gasteiger partial charge in [0.15, 0.2) is 0 Å². The number of aromatic nitrogens is 6. The number of hydrogen-bond acceptors (Lipinski definition) is 7. The first kappa shape index (κ1) is 25.3. The molecule has 40 heavy (non-hydrogen) atoms. The summed E-state index contributed by atoms with van der Waals surface area (Å²) in [5.74, 6) is 1.23. The van der Waals surface area contributed by atoms with Crippen LogP contribution in [0.15, 0.2) is 91.3 Å². The average molecular weight is 530 g/mol. The fraction of sp³-hybridized carbons (Fsp3) is 0.161. The number of para-hydroxylation sites is 1. The zero-order chi connectivity index (χ0) is 27.5. The Balaban J connectivity index is 1.31. The summed E-state index contributed by atoms with van der Waals surface area (Å²) in [6.45, 7) is 3.69. The molecular formula is C31H31N9. The Morgan fingerprint density at radius 2 is 1.73 bits per heavy atom. The molecule has 200 valence electrons. The predicted molar refractivity (Wildman–Crippen MR) is 161 cm³/mol. The second-order valence-corrected chi connectivity index (χ2v) is 9.88. The molecule has 0 saturated carbocycles. The quantitative estimate of drug-likeness (QED) is 0.198. The van der Waals surface area contributed by atoms with E-state index in [4.69, 9.17) is 15.1 Å². The molecule has 0 fully saturated rings. The number of imidazole rings is 1. The topological polar surface area (TPSA) is 99.6 Å². The van der Waals surface area contributed by atoms with Gasteiger partial charge in [0.2, 0.25) is 11.9 Å². The molecule has 6 aromatic rings. The van der Waals surface area contributed by atoms with Crippen LogP contribution >= 0.6 is 0 Å². The molecule has 0 atom stereocenters. The summed E-state index contributed by atoms with van der Waals surface area (Å²) in [7, 11) is 4.12. The van der Waals surface area contributed by atoms with Crippen molar-refractivity contribution in [3.05, 3.63) is 96.8 Å². The number of anilines is 4. The van der Waals surface area contributed by atoms with E-state index in [9.17, 15) is 0 Å². The van der Waals surface area contributed by atoms with Crippen LogP contribution in [-0.2, 0) is 13.1 Å². The minimum atomic E-state index is 0.537. The zero-order valence-electron chi connectivity index (χ0n) is 22.8. The zero-order valence-corrected chi connectivity index (χ0v) is 22.8. The van der Waals surface area contributed by atoms with Crippen LogP contribution in [0.3, 0.4) is 0 Å². The minimum absolute atomic E-state index is 0.537. The number of aromatic amines is 1. The average Bonchev–Trinajstić information content (AvgIpc) is 3.57. The van der Waals surface area contributed by atoms with Crippen LogP contribution in [-0.4, -0.2) is 48.7 Å². The molecule has 6 rings (SSSR count). The van der Waals surface area contributed by atoms with Crippen LogP contribution in [0, 0.1) is 0 Å². The highest BCUT2D eigenvalue weighted by atomic mass is 15.3. The molecule has 3 aromatic carbocycles. The van der Waals surface area contributed by atoms with E-state index in [2.05, 4.69) is 70.8 Å². The van der Waals surface area contributed by atoms with Crippen molar-refractivity contribution in [2.24, 2.45) is 0 Å². The van der Waals surface area contributed by atoms with Crippen molar-refractivity contribution in [2.75, 3.05) is 24.7 Å². The number of nitrogens with zero attached hydrogens (tertiary/aromatic N) is 6. The Morgan fingerprint density at radius 3 is 2.55 bits per heavy atom. The molecule has 0 amide bonds. The minimum Gasteiger partial charge on any atom is -0.326 e. The van der Waals surface area contributed by atoms with Crippen LogP contribution in [0.5, 0.6) is 0 Å². The van der Waals surface area contributed by atoms with E-state index >= 15 is 0 Å². The Kier molecular flexibility index (Phi) is 6.95. The third-order valence-electron chi connectivity index (χ3n) is 6.49. The Morgan fingerprint density at radius 1 is 0.875 bits per heavy atom. The van der Waals surface area contributed by atoms with Gasteiger partial charge in [0.1, 0.15) is 5.69 Å². The molecule has 3 aromatic heterocycles. The molecule has 0 aliphatic heterocycles. The number of benzene rings is 3. The molecule has 0 unspecified atom stereocenters. The van der Waals surface area contributed by atoms with E-state index in [1.54, 1.807) is 6.20 Å². The van der Waals surface area contributed by atoms with Gasteiger partial charge in [0.25, 0.3) is 0 Å². The first-order valence-corrected chi connectivity index (χ1v) is 13.3. The van der Waals surface area contributed by atoms with Crippen LogP contribution < -0.4 is 10.6 Å². The summed E-state index contributed by atoms with van der Waals surface area (Å²) >= 11 is 0. The van der Waals surface area contributed by atoms with E-state index in [-0.39, 0.29) is 0 Å². The van der Waals surface area contributed by atoms with Gasteiger partial charge < -0.3 is 20.5 Å². The third kappa shape index (κ3) is 5.55. The first-order valence-electron chi connectivity index (χ1n) is 13.3. The van der Waals surface area contributed by atoms with Crippen molar-refractivity contribution in [3.63, 3.8) is 0 Å². The number of rotatable bonds is 9. The van der Waals surface area contributed by atoms with Crippen molar-refractivity contribution < 1.29 is 0 Å². The van der Waals surface area contributed by atoms with Crippen LogP contribution in [0.25, 0.3) is 33.5 Å². The molecular weight excluding hydrogens is 498 g/mol. The largest absolute Gasteiger partial charge is 0.326 e. The second-order valence-electron chi connectivity index (χ2n) is 9.88. The number of H-pyrrole nitrogens is 1. The number of nitrogens with one attached hydrogen (secondary N) is 3. The SMILES string of the molecule is CCn1cc(-c2ccnc(Nc3cccc(CN(C)C)c3)n2)c(-c2ccc3nc(Nc4ccccc4)[nH]c3c2)n1. The van der Waals surface area contributed by atoms with E-state index in [0.717, 1.165) is 58.0 Å². The molecule has 9 nitrogen and oxygen atoms in total. The summed E-state index contributed by atoms with van der Waals surface area (Å²) < 4.78 is 1.93. The molecule has 0 radical (unpaired) electrons. The van der Waals surface area contributed by atoms with Crippen LogP contribution in [0.2, 0.25) is 0 Å². The lowest BCUT2D eigenvalue weighted by molar-refractivity contribution is 0.402. The van der Waals surface area contributed by atoms with E-state index < -0.39 is 0 Å². The lowest BCUT2D eigenvalue weighted by atomic mass is 10.1. The maximum absolute atomic E-state index is 4.89. The van der Waals surface area contributed by atoms with Crippen LogP contribution in [0.4, 0.5) is 23.3 Å². The van der Waals surface area contributed by atoms with Gasteiger partial charge in [-0.05, 0) is 69.0 Å². The molecule has 0 bridgehead atoms. The molecule has 0 aliphatic rings. The fourth-order valence-electron chi connectivity index (χ4n) is 4.67. The number of aryl methyl sites for hydroxylation is 1. The molecule has 3 N–H and O–H groups in total. The molecule has 9 heteroatoms. The van der Waals surface area contributed by atoms with Crippen molar-refractivity contribution in [3.8, 4) is 22.5 Å². The maximum atomic E-state index is 4.89. The smallest absolute Gasteiger partial charge is 0.227 e. The second kappa shape index (κ2) is 11.0. The summed E-state index contributed by atoms with van der Waals surface area (Å²) in [6, 6.07) is 26.4. The van der Waals surface area contributed by atoms with Gasteiger partial charge in [-0.3, -0.25) is 4.68 Å². The van der Waals surface area contributed by atoms with Gasteiger partial charge in [-0.15, -0.1) is 0 Å². The highest BCUT2D eigenvalue weighted by Gasteiger charge is 2.16. The monoisotopic (exact) mass is 529 g/mol. The van der Waals surface area contributed by atoms with Gasteiger partial charge in [-0.1, -0.05) is 36.4 Å². The standard InChI is InChI=1S/C31H31N9/c1-4-40-20-25(26-15-16-32-30(35-26)34-24-12-8-9-21(17-24)19-39(2)3)29(38-40)22-13-14-27-28(18-22)37-31(36-27)33-23-10-6-5-7-11-23/h5-18,20H,4,19H2,1-3H3,(H,32,34,35)(H2,33,36,37). The Hall–Kier alpha value is -5.02. The maximum Gasteiger partial charge on any atom is 0.227 e. The molecule has 3 heterocycles. The van der Waals surface area contributed by atoms with Crippen molar-refractivity contribution in [1.29, 1.82) is 0 Å². The lowest BCUT2D eigenvalue weighted by Crippen LogP contribution is -2.10. The summed E-state index contributed by atoms with van der Waals surface area (Å²) in [5, 5.41) is 11.6. The van der Waals surface area contributed by atoms with Gasteiger partial charge in [-0.25, -0.2) is 15.0 Å². The van der Waals surface area contributed by atoms with Gasteiger partial charge in [0, 0.05) is 48.0 Å². The first-order chi connectivity index (χ1) is 19.5. The number of hydrogen-bond donors (Lipinski definition) is 3. The van der Waals surface area contributed by atoms with E-state index in [0.29, 0.717) is 11.9 Å². The van der Waals surface area contributed by atoms with Crippen LogP contribution in [0.1, 0.15) is 12.5 Å². The lowest BCUT2D eigenvalue weighted by Gasteiger charge is -2.11. The molecule has 0 spiro atoms. The van der Waals surface area contributed by atoms with Crippen molar-refractivity contribution >= 4 is 34.3 Å². The van der Waals surface area contributed by atoms with Crippen molar-refractivity contribution in [2.45, 2.75) is 20.0 Å². The Bertz CT molecular complexity index is 1750. The van der Waals surface area contributed by atoms with Gasteiger partial charge >= 0.3 is 0 Å². The van der Waals surface area contributed by atoms with Gasteiger partial charge in [-0.2, -0.15) is 5.10 Å². The van der Waals surface area contributed by atoms with Crippen molar-refractivity contribution in [1.82, 2.24) is 34.6 Å². The van der Waals surface area contributed by atoms with E-state index in [1.807, 2.05) is 65.5 Å².